The summed E-state index contributed by atoms with van der Waals surface area (Å²) < 4.78 is 28.5. The SMILES string of the molecule is CC(=O)Nc1ccc(S(=O)(=O)Nc2ccc(NCCCC(C)(C)[Si](C)(C)O)c(NC(=O)C(C)(C)C)c2)cc1. The molecule has 9 nitrogen and oxygen atoms in total. The number of carbonyl (C=O) groups excluding carboxylic acids is 2. The Morgan fingerprint density at radius 2 is 1.47 bits per heavy atom. The number of anilines is 4. The standard InChI is InChI=1S/C27H42N4O5SSi/c1-19(32)29-20-10-13-22(14-11-20)37(34,35)31-21-12-15-23(24(18-21)30-25(33)26(2,3)4)28-17-9-16-27(5,6)38(7,8)36/h10-15,18,28,31,36H,9,16-17H2,1-8H3,(H,29,32)(H,30,33). The molecule has 0 aliphatic rings. The summed E-state index contributed by atoms with van der Waals surface area (Å²) in [4.78, 5) is 34.5. The minimum absolute atomic E-state index is 0.0343. The summed E-state index contributed by atoms with van der Waals surface area (Å²) in [6.45, 7) is 15.5. The fourth-order valence-corrected chi connectivity index (χ4v) is 5.21. The molecule has 210 valence electrons. The summed E-state index contributed by atoms with van der Waals surface area (Å²) in [7, 11) is -6.22. The fraction of sp³-hybridized carbons (Fsp3) is 0.481. The Balaban J connectivity index is 2.24. The molecule has 2 amide bonds. The number of benzene rings is 2. The number of amides is 2. The van der Waals surface area contributed by atoms with E-state index in [1.54, 1.807) is 39.0 Å². The molecular weight excluding hydrogens is 520 g/mol. The molecule has 0 unspecified atom stereocenters. The predicted molar refractivity (Wildman–Crippen MR) is 158 cm³/mol. The van der Waals surface area contributed by atoms with Crippen molar-refractivity contribution in [2.75, 3.05) is 27.2 Å². The van der Waals surface area contributed by atoms with E-state index in [2.05, 4.69) is 34.5 Å². The molecule has 2 rings (SSSR count). The van der Waals surface area contributed by atoms with Gasteiger partial charge in [0, 0.05) is 24.6 Å². The average molecular weight is 563 g/mol. The van der Waals surface area contributed by atoms with E-state index in [9.17, 15) is 22.8 Å². The van der Waals surface area contributed by atoms with E-state index in [0.29, 0.717) is 29.3 Å². The number of carbonyl (C=O) groups is 2. The Morgan fingerprint density at radius 1 is 0.895 bits per heavy atom. The minimum atomic E-state index is -3.91. The van der Waals surface area contributed by atoms with Gasteiger partial charge in [0.15, 0.2) is 8.32 Å². The van der Waals surface area contributed by atoms with Crippen LogP contribution in [0.1, 0.15) is 54.4 Å². The van der Waals surface area contributed by atoms with Crippen molar-refractivity contribution in [3.8, 4) is 0 Å². The highest BCUT2D eigenvalue weighted by atomic mass is 32.2. The van der Waals surface area contributed by atoms with E-state index in [4.69, 9.17) is 0 Å². The number of sulfonamides is 1. The van der Waals surface area contributed by atoms with Crippen LogP contribution in [0.5, 0.6) is 0 Å². The van der Waals surface area contributed by atoms with Gasteiger partial charge in [-0.2, -0.15) is 0 Å². The molecule has 0 fully saturated rings. The maximum atomic E-state index is 13.0. The highest BCUT2D eigenvalue weighted by Crippen LogP contribution is 2.39. The van der Waals surface area contributed by atoms with Gasteiger partial charge >= 0.3 is 0 Å². The predicted octanol–water partition coefficient (Wildman–Crippen LogP) is 5.60. The van der Waals surface area contributed by atoms with Gasteiger partial charge in [0.05, 0.1) is 22.0 Å². The van der Waals surface area contributed by atoms with Gasteiger partial charge in [-0.15, -0.1) is 0 Å². The average Bonchev–Trinajstić information content (AvgIpc) is 2.76. The zero-order chi connectivity index (χ0) is 28.9. The summed E-state index contributed by atoms with van der Waals surface area (Å²) in [5.41, 5.74) is 1.27. The third kappa shape index (κ3) is 8.85. The van der Waals surface area contributed by atoms with E-state index in [1.807, 2.05) is 13.1 Å². The van der Waals surface area contributed by atoms with E-state index in [-0.39, 0.29) is 21.7 Å². The molecule has 5 N–H and O–H groups in total. The van der Waals surface area contributed by atoms with Gasteiger partial charge in [-0.3, -0.25) is 14.3 Å². The topological polar surface area (TPSA) is 137 Å². The third-order valence-corrected chi connectivity index (χ3v) is 11.6. The maximum absolute atomic E-state index is 13.0. The Bertz CT molecular complexity index is 1250. The summed E-state index contributed by atoms with van der Waals surface area (Å²) in [6, 6.07) is 10.8. The molecule has 0 saturated carbocycles. The maximum Gasteiger partial charge on any atom is 0.261 e. The summed E-state index contributed by atoms with van der Waals surface area (Å²) >= 11 is 0. The number of rotatable bonds is 11. The van der Waals surface area contributed by atoms with Gasteiger partial charge in [0.1, 0.15) is 0 Å². The van der Waals surface area contributed by atoms with Crippen molar-refractivity contribution in [1.29, 1.82) is 0 Å². The summed E-state index contributed by atoms with van der Waals surface area (Å²) in [6.07, 6.45) is 1.66. The summed E-state index contributed by atoms with van der Waals surface area (Å²) in [5, 5.41) is 8.72. The molecule has 0 saturated heterocycles. The van der Waals surface area contributed by atoms with Crippen molar-refractivity contribution in [3.63, 3.8) is 0 Å². The lowest BCUT2D eigenvalue weighted by Crippen LogP contribution is -2.39. The summed E-state index contributed by atoms with van der Waals surface area (Å²) in [5.74, 6) is -0.455. The second-order valence-electron chi connectivity index (χ2n) is 11.7. The lowest BCUT2D eigenvalue weighted by atomic mass is 9.95. The van der Waals surface area contributed by atoms with Crippen LogP contribution in [0.15, 0.2) is 47.4 Å². The van der Waals surface area contributed by atoms with Crippen molar-refractivity contribution in [2.24, 2.45) is 5.41 Å². The van der Waals surface area contributed by atoms with Crippen molar-refractivity contribution in [2.45, 2.75) is 77.4 Å². The molecule has 0 atom stereocenters. The van der Waals surface area contributed by atoms with Gasteiger partial charge in [-0.1, -0.05) is 34.6 Å². The number of nitrogens with one attached hydrogen (secondary N) is 4. The Morgan fingerprint density at radius 3 is 2.00 bits per heavy atom. The lowest BCUT2D eigenvalue weighted by molar-refractivity contribution is -0.123. The molecule has 38 heavy (non-hydrogen) atoms. The first-order chi connectivity index (χ1) is 17.3. The monoisotopic (exact) mass is 562 g/mol. The zero-order valence-corrected chi connectivity index (χ0v) is 25.5. The van der Waals surface area contributed by atoms with Crippen molar-refractivity contribution >= 4 is 52.9 Å². The first kappa shape index (κ1) is 31.3. The van der Waals surface area contributed by atoms with E-state index in [0.717, 1.165) is 12.8 Å². The van der Waals surface area contributed by atoms with Crippen molar-refractivity contribution < 1.29 is 22.8 Å². The minimum Gasteiger partial charge on any atom is -0.432 e. The quantitative estimate of drug-likeness (QED) is 0.179. The molecule has 0 radical (unpaired) electrons. The first-order valence-corrected chi connectivity index (χ1v) is 17.1. The highest BCUT2D eigenvalue weighted by molar-refractivity contribution is 7.92. The van der Waals surface area contributed by atoms with E-state index in [1.165, 1.54) is 31.2 Å². The van der Waals surface area contributed by atoms with Crippen LogP contribution in [0, 0.1) is 5.41 Å². The van der Waals surface area contributed by atoms with Crippen LogP contribution in [-0.4, -0.2) is 39.9 Å². The molecule has 2 aromatic carbocycles. The van der Waals surface area contributed by atoms with Crippen LogP contribution in [0.2, 0.25) is 18.1 Å². The molecule has 0 aliphatic heterocycles. The molecule has 0 aliphatic carbocycles. The third-order valence-electron chi connectivity index (χ3n) is 6.64. The van der Waals surface area contributed by atoms with Crippen LogP contribution in [0.25, 0.3) is 0 Å². The second kappa shape index (κ2) is 11.9. The normalized spacial score (nSPS) is 12.6. The van der Waals surface area contributed by atoms with Crippen LogP contribution in [-0.2, 0) is 19.6 Å². The van der Waals surface area contributed by atoms with Gasteiger partial charge in [0.2, 0.25) is 11.8 Å². The van der Waals surface area contributed by atoms with Crippen molar-refractivity contribution in [1.82, 2.24) is 0 Å². The fourth-order valence-electron chi connectivity index (χ4n) is 3.37. The molecule has 0 heterocycles. The van der Waals surface area contributed by atoms with Crippen LogP contribution < -0.4 is 20.7 Å². The zero-order valence-electron chi connectivity index (χ0n) is 23.7. The number of hydrogen-bond donors (Lipinski definition) is 5. The van der Waals surface area contributed by atoms with Gasteiger partial charge in [-0.05, 0) is 73.4 Å². The largest absolute Gasteiger partial charge is 0.432 e. The van der Waals surface area contributed by atoms with Crippen LogP contribution >= 0.6 is 0 Å². The Hall–Kier alpha value is -2.89. The first-order valence-electron chi connectivity index (χ1n) is 12.6. The molecule has 0 bridgehead atoms. The smallest absolute Gasteiger partial charge is 0.261 e. The van der Waals surface area contributed by atoms with Gasteiger partial charge < -0.3 is 20.7 Å². The van der Waals surface area contributed by atoms with Crippen molar-refractivity contribution in [3.05, 3.63) is 42.5 Å². The molecule has 11 heteroatoms. The van der Waals surface area contributed by atoms with Crippen LogP contribution in [0.4, 0.5) is 22.7 Å². The Kier molecular flexibility index (Phi) is 9.79. The van der Waals surface area contributed by atoms with E-state index < -0.39 is 23.8 Å². The molecule has 0 spiro atoms. The van der Waals surface area contributed by atoms with E-state index >= 15 is 0 Å². The lowest BCUT2D eigenvalue weighted by Gasteiger charge is -2.35. The van der Waals surface area contributed by atoms with Gasteiger partial charge in [-0.25, -0.2) is 8.42 Å². The molecular formula is C27H42N4O5SSi. The molecule has 2 aromatic rings. The second-order valence-corrected chi connectivity index (χ2v) is 17.9. The highest BCUT2D eigenvalue weighted by Gasteiger charge is 2.37. The molecule has 0 aromatic heterocycles. The number of hydrogen-bond acceptors (Lipinski definition) is 6. The Labute approximate surface area is 228 Å². The van der Waals surface area contributed by atoms with Crippen LogP contribution in [0.3, 0.4) is 0 Å². The van der Waals surface area contributed by atoms with Gasteiger partial charge in [0.25, 0.3) is 10.0 Å².